The van der Waals surface area contributed by atoms with Gasteiger partial charge >= 0.3 is 0 Å². The molecule has 9 N–H and O–H groups in total. The van der Waals surface area contributed by atoms with Gasteiger partial charge in [0.1, 0.15) is 47.1 Å². The maximum Gasteiger partial charge on any atom is 0.247 e. The summed E-state index contributed by atoms with van der Waals surface area (Å²) >= 11 is 10.3. The number of thiophene rings is 2. The molecule has 0 aliphatic carbocycles. The van der Waals surface area contributed by atoms with Crippen LogP contribution >= 0.6 is 46.0 Å². The molecule has 412 valence electrons. The summed E-state index contributed by atoms with van der Waals surface area (Å²) < 4.78 is 1.88. The van der Waals surface area contributed by atoms with E-state index in [0.717, 1.165) is 54.3 Å². The Kier molecular flexibility index (Phi) is 17.6. The van der Waals surface area contributed by atoms with Crippen molar-refractivity contribution in [3.8, 4) is 15.4 Å². The molecule has 0 spiro atoms. The molecule has 25 heteroatoms. The average molecular weight is 1140 g/mol. The van der Waals surface area contributed by atoms with Crippen LogP contribution in [-0.4, -0.2) is 139 Å². The number of carbonyl (C=O) groups excluding carboxylic acids is 8. The standard InChI is InChI=1S/C53H61ClN12O9S3/c1-25-16-17-77-44(25)31-10-8-30(9-11-31)43-50(74)57-21-39(69)58-35(48(72)60-36(46(55)71)23-76-24-40(70)61-45(53(5,6)7)51(75)65-22-33(67)18-37(65)49(73)62-43)20-56-38(68)19-34-47-64-63-28(4)66(47)52-41(26(2)27(3)78-52)42(59-34)29-12-14-32(54)15-13-29/h8-17,33-37,43,45,67H,18-24H2,1-7H3,(H2,55,71)(H,56,68)(H,57,74)(H,58,69)(H,60,72)(H,61,70)(H,62,73)/t33-,34-,35-,36-,37+,43-,45-/m1/s1. The molecule has 78 heavy (non-hydrogen) atoms. The number of rotatable bonds is 8. The summed E-state index contributed by atoms with van der Waals surface area (Å²) in [5.74, 6) is -5.86. The number of halogens is 1. The normalized spacial score (nSPS) is 23.0. The largest absolute Gasteiger partial charge is 0.391 e. The number of thioether (sulfide) groups is 1. The summed E-state index contributed by atoms with van der Waals surface area (Å²) in [7, 11) is 0. The summed E-state index contributed by atoms with van der Waals surface area (Å²) in [6, 6.07) is 8.26. The molecule has 8 rings (SSSR count). The monoisotopic (exact) mass is 1140 g/mol. The second-order valence-electron chi connectivity index (χ2n) is 20.5. The predicted octanol–water partition coefficient (Wildman–Crippen LogP) is 3.01. The van der Waals surface area contributed by atoms with Crippen molar-refractivity contribution < 1.29 is 43.5 Å². The van der Waals surface area contributed by atoms with Crippen molar-refractivity contribution in [3.05, 3.63) is 109 Å². The van der Waals surface area contributed by atoms with E-state index >= 15 is 0 Å². The van der Waals surface area contributed by atoms with E-state index in [-0.39, 0.29) is 30.9 Å². The van der Waals surface area contributed by atoms with E-state index < -0.39 is 108 Å². The highest BCUT2D eigenvalue weighted by Crippen LogP contribution is 2.40. The number of aromatic nitrogens is 3. The van der Waals surface area contributed by atoms with Gasteiger partial charge in [-0.05, 0) is 78.9 Å². The highest BCUT2D eigenvalue weighted by Gasteiger charge is 2.45. The average Bonchev–Trinajstić information content (AvgIpc) is 4.24. The fourth-order valence-corrected chi connectivity index (χ4v) is 12.6. The zero-order chi connectivity index (χ0) is 56.3. The molecule has 2 fully saturated rings. The van der Waals surface area contributed by atoms with Crippen molar-refractivity contribution in [1.29, 1.82) is 0 Å². The molecule has 2 saturated heterocycles. The highest BCUT2D eigenvalue weighted by atomic mass is 35.5. The fraction of sp³-hybridized carbons (Fsp3) is 0.415. The number of aliphatic hydroxyl groups excluding tert-OH is 1. The fourth-order valence-electron chi connectivity index (χ4n) is 9.41. The van der Waals surface area contributed by atoms with Crippen LogP contribution < -0.4 is 37.6 Å². The molecule has 21 nitrogen and oxygen atoms in total. The quantitative estimate of drug-likeness (QED) is 0.111. The summed E-state index contributed by atoms with van der Waals surface area (Å²) in [5, 5.41) is 38.9. The number of nitrogens with one attached hydrogen (secondary N) is 6. The molecular formula is C53H61ClN12O9S3. The number of nitrogens with two attached hydrogens (primary N) is 1. The number of carbonyl (C=O) groups is 8. The summed E-state index contributed by atoms with van der Waals surface area (Å²) in [6.45, 7) is 11.4. The lowest BCUT2D eigenvalue weighted by Crippen LogP contribution is -2.58. The van der Waals surface area contributed by atoms with Crippen molar-refractivity contribution in [2.45, 2.75) is 104 Å². The van der Waals surface area contributed by atoms with Gasteiger partial charge in [0.05, 0.1) is 30.5 Å². The molecule has 8 amide bonds. The van der Waals surface area contributed by atoms with Gasteiger partial charge in [-0.2, -0.15) is 0 Å². The number of nitrogens with zero attached hydrogens (tertiary/aromatic N) is 5. The summed E-state index contributed by atoms with van der Waals surface area (Å²) in [5.41, 5.74) is 10.2. The molecule has 5 aromatic rings. The van der Waals surface area contributed by atoms with Crippen LogP contribution in [0, 0.1) is 33.1 Å². The second kappa shape index (κ2) is 23.9. The minimum absolute atomic E-state index is 0.173. The lowest BCUT2D eigenvalue weighted by Gasteiger charge is -2.35. The third-order valence-corrected chi connectivity index (χ3v) is 17.2. The Morgan fingerprint density at radius 2 is 1.58 bits per heavy atom. The van der Waals surface area contributed by atoms with Crippen molar-refractivity contribution >= 4 is 99.0 Å². The first-order chi connectivity index (χ1) is 37.0. The van der Waals surface area contributed by atoms with Crippen molar-refractivity contribution in [2.75, 3.05) is 31.1 Å². The van der Waals surface area contributed by atoms with Gasteiger partial charge in [0, 0.05) is 51.2 Å². The molecule has 7 atom stereocenters. The molecule has 3 aromatic heterocycles. The van der Waals surface area contributed by atoms with Gasteiger partial charge < -0.3 is 47.6 Å². The Hall–Kier alpha value is -6.99. The number of benzene rings is 2. The van der Waals surface area contributed by atoms with E-state index in [0.29, 0.717) is 27.9 Å². The number of aryl methyl sites for hydroxylation is 3. The number of hydrogen-bond acceptors (Lipinski definition) is 15. The lowest BCUT2D eigenvalue weighted by atomic mass is 9.85. The van der Waals surface area contributed by atoms with Crippen molar-refractivity contribution in [2.24, 2.45) is 16.1 Å². The Morgan fingerprint density at radius 1 is 0.872 bits per heavy atom. The SMILES string of the molecule is Cc1ccsc1-c1ccc([C@H]2NC(=O)[C@@H]3C[C@@H](O)CN3C(=O)[C@H](C(C)(C)C)NC(=O)CSC[C@H](C(N)=O)NC(=O)[C@@H](CNC(=O)C[C@H]3N=C(c4ccc(Cl)cc4)c4c(sc(C)c4C)-n4c(C)nnc43)NC(=O)CNC2=O)cc1. The highest BCUT2D eigenvalue weighted by molar-refractivity contribution is 8.00. The number of amides is 8. The topological polar surface area (TPSA) is 301 Å². The van der Waals surface area contributed by atoms with E-state index in [1.54, 1.807) is 64.1 Å². The molecule has 0 unspecified atom stereocenters. The van der Waals surface area contributed by atoms with Gasteiger partial charge in [0.25, 0.3) is 0 Å². The van der Waals surface area contributed by atoms with Gasteiger partial charge in [-0.1, -0.05) is 68.8 Å². The lowest BCUT2D eigenvalue weighted by molar-refractivity contribution is -0.144. The molecular weight excluding hydrogens is 1080 g/mol. The Labute approximate surface area is 467 Å². The molecule has 3 aliphatic rings. The zero-order valence-electron chi connectivity index (χ0n) is 43.9. The molecule has 3 aliphatic heterocycles. The van der Waals surface area contributed by atoms with Gasteiger partial charge in [-0.3, -0.25) is 47.9 Å². The molecule has 0 saturated carbocycles. The number of aliphatic imine (C=N–C) groups is 1. The van der Waals surface area contributed by atoms with Crippen molar-refractivity contribution in [1.82, 2.24) is 51.6 Å². The second-order valence-corrected chi connectivity index (χ2v) is 24.1. The Balaban J connectivity index is 1.08. The van der Waals surface area contributed by atoms with Crippen LogP contribution in [0.2, 0.25) is 5.02 Å². The third kappa shape index (κ3) is 12.8. The maximum absolute atomic E-state index is 14.4. The smallest absolute Gasteiger partial charge is 0.247 e. The maximum atomic E-state index is 14.4. The van der Waals surface area contributed by atoms with Crippen LogP contribution in [0.5, 0.6) is 0 Å². The van der Waals surface area contributed by atoms with E-state index in [4.69, 9.17) is 22.3 Å². The predicted molar refractivity (Wildman–Crippen MR) is 297 cm³/mol. The summed E-state index contributed by atoms with van der Waals surface area (Å²) in [6.07, 6.45) is -1.57. The van der Waals surface area contributed by atoms with E-state index in [1.807, 2.05) is 48.9 Å². The number of fused-ring (bicyclic) bond motifs is 4. The molecule has 0 bridgehead atoms. The van der Waals surface area contributed by atoms with E-state index in [2.05, 4.69) is 42.1 Å². The summed E-state index contributed by atoms with van der Waals surface area (Å²) in [4.78, 5) is 120. The minimum atomic E-state index is -1.57. The van der Waals surface area contributed by atoms with Crippen LogP contribution in [-0.2, 0) is 38.4 Å². The van der Waals surface area contributed by atoms with Crippen molar-refractivity contribution in [3.63, 3.8) is 0 Å². The van der Waals surface area contributed by atoms with Crippen LogP contribution in [0.1, 0.15) is 90.0 Å². The van der Waals surface area contributed by atoms with Crippen LogP contribution in [0.15, 0.2) is 65.0 Å². The molecule has 0 radical (unpaired) electrons. The van der Waals surface area contributed by atoms with E-state index in [9.17, 15) is 43.5 Å². The van der Waals surface area contributed by atoms with Crippen LogP contribution in [0.4, 0.5) is 0 Å². The van der Waals surface area contributed by atoms with Gasteiger partial charge in [-0.25, -0.2) is 0 Å². The molecule has 2 aromatic carbocycles. The molecule has 6 heterocycles. The van der Waals surface area contributed by atoms with Gasteiger partial charge in [0.15, 0.2) is 5.82 Å². The first-order valence-corrected chi connectivity index (χ1v) is 28.3. The third-order valence-electron chi connectivity index (χ3n) is 13.7. The first-order valence-electron chi connectivity index (χ1n) is 25.1. The minimum Gasteiger partial charge on any atom is -0.391 e. The Morgan fingerprint density at radius 3 is 2.24 bits per heavy atom. The van der Waals surface area contributed by atoms with Crippen LogP contribution in [0.25, 0.3) is 15.4 Å². The van der Waals surface area contributed by atoms with E-state index in [1.165, 1.54) is 27.6 Å². The van der Waals surface area contributed by atoms with Gasteiger partial charge in [-0.15, -0.1) is 44.6 Å². The van der Waals surface area contributed by atoms with Crippen LogP contribution in [0.3, 0.4) is 0 Å². The first kappa shape index (κ1) is 57.2. The van der Waals surface area contributed by atoms with Gasteiger partial charge in [0.2, 0.25) is 47.3 Å². The zero-order valence-corrected chi connectivity index (χ0v) is 47.1. The number of aliphatic hydroxyl groups is 1. The number of hydrogen-bond donors (Lipinski definition) is 8. The Bertz CT molecular complexity index is 3190. The number of primary amides is 1.